The molecule has 1 saturated heterocycles. The minimum atomic E-state index is 0.179. The lowest BCUT2D eigenvalue weighted by Crippen LogP contribution is -2.50. The lowest BCUT2D eigenvalue weighted by Gasteiger charge is -2.35. The average Bonchev–Trinajstić information content (AvgIpc) is 2.63. The van der Waals surface area contributed by atoms with Crippen LogP contribution in [0.25, 0.3) is 0 Å². The van der Waals surface area contributed by atoms with Gasteiger partial charge < -0.3 is 15.8 Å². The zero-order valence-corrected chi connectivity index (χ0v) is 9.54. The molecule has 15 heavy (non-hydrogen) atoms. The number of nitrogens with two attached hydrogens (primary N) is 1. The number of rotatable bonds is 3. The second-order valence-corrected chi connectivity index (χ2v) is 5.14. The van der Waals surface area contributed by atoms with Gasteiger partial charge in [-0.15, -0.1) is 0 Å². The SMILES string of the molecule is CC1(NCC2C=CC(N)C2)CCCOC1. The van der Waals surface area contributed by atoms with E-state index in [1.165, 1.54) is 12.8 Å². The largest absolute Gasteiger partial charge is 0.380 e. The van der Waals surface area contributed by atoms with Gasteiger partial charge in [-0.2, -0.15) is 0 Å². The number of hydrogen-bond donors (Lipinski definition) is 2. The Morgan fingerprint density at radius 3 is 3.00 bits per heavy atom. The zero-order valence-electron chi connectivity index (χ0n) is 9.54. The van der Waals surface area contributed by atoms with Gasteiger partial charge in [-0.3, -0.25) is 0 Å². The van der Waals surface area contributed by atoms with Gasteiger partial charge in [0, 0.05) is 24.7 Å². The average molecular weight is 210 g/mol. The van der Waals surface area contributed by atoms with Crippen LogP contribution in [-0.2, 0) is 4.74 Å². The highest BCUT2D eigenvalue weighted by Crippen LogP contribution is 2.21. The highest BCUT2D eigenvalue weighted by Gasteiger charge is 2.28. The Morgan fingerprint density at radius 2 is 2.40 bits per heavy atom. The molecule has 0 bridgehead atoms. The van der Waals surface area contributed by atoms with Gasteiger partial charge in [0.2, 0.25) is 0 Å². The van der Waals surface area contributed by atoms with Crippen molar-refractivity contribution in [2.75, 3.05) is 19.8 Å². The maximum Gasteiger partial charge on any atom is 0.0645 e. The van der Waals surface area contributed by atoms with E-state index in [0.717, 1.165) is 26.2 Å². The van der Waals surface area contributed by atoms with Gasteiger partial charge >= 0.3 is 0 Å². The van der Waals surface area contributed by atoms with Crippen LogP contribution in [0.5, 0.6) is 0 Å². The summed E-state index contributed by atoms with van der Waals surface area (Å²) in [5.74, 6) is 0.610. The normalized spacial score (nSPS) is 40.9. The molecular weight excluding hydrogens is 188 g/mol. The van der Waals surface area contributed by atoms with Gasteiger partial charge in [0.05, 0.1) is 6.61 Å². The first kappa shape index (κ1) is 11.1. The first-order chi connectivity index (χ1) is 7.18. The molecule has 3 N–H and O–H groups in total. The standard InChI is InChI=1S/C12H22N2O/c1-12(5-2-6-15-9-12)14-8-10-3-4-11(13)7-10/h3-4,10-11,14H,2,5-9,13H2,1H3. The summed E-state index contributed by atoms with van der Waals surface area (Å²) < 4.78 is 5.52. The topological polar surface area (TPSA) is 47.3 Å². The van der Waals surface area contributed by atoms with Gasteiger partial charge in [0.15, 0.2) is 0 Å². The molecule has 0 saturated carbocycles. The third kappa shape index (κ3) is 3.03. The summed E-state index contributed by atoms with van der Waals surface area (Å²) in [6.07, 6.45) is 7.83. The molecule has 2 rings (SSSR count). The van der Waals surface area contributed by atoms with Crippen LogP contribution < -0.4 is 11.1 Å². The number of hydrogen-bond acceptors (Lipinski definition) is 3. The smallest absolute Gasteiger partial charge is 0.0645 e. The van der Waals surface area contributed by atoms with Crippen LogP contribution in [0.1, 0.15) is 26.2 Å². The van der Waals surface area contributed by atoms with E-state index in [0.29, 0.717) is 5.92 Å². The Labute approximate surface area is 92.1 Å². The van der Waals surface area contributed by atoms with Crippen molar-refractivity contribution in [3.8, 4) is 0 Å². The zero-order chi connectivity index (χ0) is 10.7. The Balaban J connectivity index is 1.74. The molecule has 0 amide bonds. The lowest BCUT2D eigenvalue weighted by molar-refractivity contribution is 0.0275. The molecule has 3 heteroatoms. The molecule has 3 nitrogen and oxygen atoms in total. The van der Waals surface area contributed by atoms with E-state index in [9.17, 15) is 0 Å². The van der Waals surface area contributed by atoms with Crippen molar-refractivity contribution < 1.29 is 4.74 Å². The van der Waals surface area contributed by atoms with Crippen molar-refractivity contribution in [2.24, 2.45) is 11.7 Å². The molecule has 1 heterocycles. The second-order valence-electron chi connectivity index (χ2n) is 5.14. The van der Waals surface area contributed by atoms with Crippen LogP contribution in [-0.4, -0.2) is 31.3 Å². The molecule has 0 radical (unpaired) electrons. The van der Waals surface area contributed by atoms with Crippen LogP contribution in [0.15, 0.2) is 12.2 Å². The molecule has 1 aliphatic heterocycles. The van der Waals surface area contributed by atoms with E-state index in [-0.39, 0.29) is 11.6 Å². The third-order valence-electron chi connectivity index (χ3n) is 3.43. The maximum atomic E-state index is 5.83. The Kier molecular flexibility index (Phi) is 3.44. The van der Waals surface area contributed by atoms with Gasteiger partial charge in [-0.25, -0.2) is 0 Å². The molecule has 3 atom stereocenters. The van der Waals surface area contributed by atoms with Crippen molar-refractivity contribution in [1.82, 2.24) is 5.32 Å². The van der Waals surface area contributed by atoms with E-state index in [2.05, 4.69) is 24.4 Å². The van der Waals surface area contributed by atoms with E-state index in [1.54, 1.807) is 0 Å². The van der Waals surface area contributed by atoms with Gasteiger partial charge in [0.25, 0.3) is 0 Å². The highest BCUT2D eigenvalue weighted by molar-refractivity contribution is 5.05. The van der Waals surface area contributed by atoms with E-state index in [4.69, 9.17) is 10.5 Å². The summed E-state index contributed by atoms with van der Waals surface area (Å²) in [5.41, 5.74) is 6.01. The van der Waals surface area contributed by atoms with Gasteiger partial charge in [-0.05, 0) is 32.1 Å². The molecule has 1 aliphatic carbocycles. The molecule has 0 aromatic heterocycles. The third-order valence-corrected chi connectivity index (χ3v) is 3.43. The van der Waals surface area contributed by atoms with Crippen molar-refractivity contribution in [3.05, 3.63) is 12.2 Å². The molecule has 86 valence electrons. The van der Waals surface area contributed by atoms with E-state index < -0.39 is 0 Å². The van der Waals surface area contributed by atoms with Crippen molar-refractivity contribution in [2.45, 2.75) is 37.8 Å². The summed E-state index contributed by atoms with van der Waals surface area (Å²) in [6, 6.07) is 0.271. The Hall–Kier alpha value is -0.380. The van der Waals surface area contributed by atoms with Gasteiger partial charge in [-0.1, -0.05) is 12.2 Å². The van der Waals surface area contributed by atoms with E-state index in [1.807, 2.05) is 0 Å². The first-order valence-corrected chi connectivity index (χ1v) is 5.95. The monoisotopic (exact) mass is 210 g/mol. The van der Waals surface area contributed by atoms with Crippen molar-refractivity contribution in [1.29, 1.82) is 0 Å². The Morgan fingerprint density at radius 1 is 1.53 bits per heavy atom. The molecule has 1 fully saturated rings. The van der Waals surface area contributed by atoms with Crippen molar-refractivity contribution in [3.63, 3.8) is 0 Å². The predicted molar refractivity (Wildman–Crippen MR) is 61.7 cm³/mol. The lowest BCUT2D eigenvalue weighted by atomic mass is 9.94. The summed E-state index contributed by atoms with van der Waals surface area (Å²) in [5, 5.41) is 3.63. The molecular formula is C12H22N2O. The van der Waals surface area contributed by atoms with Crippen LogP contribution >= 0.6 is 0 Å². The predicted octanol–water partition coefficient (Wildman–Crippen LogP) is 1.05. The van der Waals surface area contributed by atoms with Crippen LogP contribution in [0.4, 0.5) is 0 Å². The molecule has 2 aliphatic rings. The maximum absolute atomic E-state index is 5.83. The number of ether oxygens (including phenoxy) is 1. The highest BCUT2D eigenvalue weighted by atomic mass is 16.5. The second kappa shape index (κ2) is 4.64. The molecule has 0 aromatic rings. The van der Waals surface area contributed by atoms with Crippen molar-refractivity contribution >= 4 is 0 Å². The summed E-state index contributed by atoms with van der Waals surface area (Å²) in [6.45, 7) is 5.05. The quantitative estimate of drug-likeness (QED) is 0.684. The first-order valence-electron chi connectivity index (χ1n) is 5.95. The Bertz CT molecular complexity index is 234. The van der Waals surface area contributed by atoms with Crippen LogP contribution in [0.2, 0.25) is 0 Å². The van der Waals surface area contributed by atoms with Crippen LogP contribution in [0.3, 0.4) is 0 Å². The fraction of sp³-hybridized carbons (Fsp3) is 0.833. The van der Waals surface area contributed by atoms with Crippen LogP contribution in [0, 0.1) is 5.92 Å². The summed E-state index contributed by atoms with van der Waals surface area (Å²) >= 11 is 0. The van der Waals surface area contributed by atoms with Gasteiger partial charge in [0.1, 0.15) is 0 Å². The molecule has 0 spiro atoms. The summed E-state index contributed by atoms with van der Waals surface area (Å²) in [7, 11) is 0. The minimum Gasteiger partial charge on any atom is -0.380 e. The molecule has 3 unspecified atom stereocenters. The molecule has 0 aromatic carbocycles. The van der Waals surface area contributed by atoms with E-state index >= 15 is 0 Å². The number of nitrogens with one attached hydrogen (secondary N) is 1. The summed E-state index contributed by atoms with van der Waals surface area (Å²) in [4.78, 5) is 0. The minimum absolute atomic E-state index is 0.179. The fourth-order valence-electron chi connectivity index (χ4n) is 2.41. The fourth-order valence-corrected chi connectivity index (χ4v) is 2.41.